The third-order valence-electron chi connectivity index (χ3n) is 16.2. The standard InChI is InChI=1S/C65H124O12S4/c1-9-13-17-21-25-29-33-37-41-51(5)73-58(68)45-55(78)63(72)64(49-66,50-67)65(56(79)46-59(69)74-52(6)42-38-34-30-26-22-18-14-10-2,57(80)47-60(70)75-53(7)43-39-35-31-27-23-19-15-11-3)77-62(81)48-61(71)76-54(8)44-40-36-32-28-24-20-16-12-4/h51-57,62-63,66-67,72,78-81H,9-50H2,1-8H3. The van der Waals surface area contributed by atoms with Crippen LogP contribution in [0.15, 0.2) is 0 Å². The van der Waals surface area contributed by atoms with Crippen molar-refractivity contribution in [2.24, 2.45) is 5.41 Å². The quantitative estimate of drug-likeness (QED) is 0.0101. The van der Waals surface area contributed by atoms with Crippen molar-refractivity contribution in [1.82, 2.24) is 0 Å². The van der Waals surface area contributed by atoms with E-state index >= 15 is 0 Å². The SMILES string of the molecule is CCCCCCCCCCC(C)OC(=O)CC(S)OC(C(S)CC(=O)OC(C)CCCCCCCCCC)(C(S)CC(=O)OC(C)CCCCCCCCCC)C(CO)(CO)C(O)C(S)CC(=O)OC(C)CCCCCCCCCC. The van der Waals surface area contributed by atoms with Crippen molar-refractivity contribution in [2.75, 3.05) is 13.2 Å². The normalized spacial score (nSPS) is 16.1. The Morgan fingerprint density at radius 2 is 0.605 bits per heavy atom. The van der Waals surface area contributed by atoms with Crippen molar-refractivity contribution in [3.63, 3.8) is 0 Å². The van der Waals surface area contributed by atoms with Crippen molar-refractivity contribution in [2.45, 2.75) is 370 Å². The maximum atomic E-state index is 14.1. The van der Waals surface area contributed by atoms with E-state index in [4.69, 9.17) is 74.2 Å². The molecule has 0 rings (SSSR count). The third-order valence-corrected chi connectivity index (χ3v) is 18.1. The van der Waals surface area contributed by atoms with Crippen molar-refractivity contribution in [3.05, 3.63) is 0 Å². The van der Waals surface area contributed by atoms with Gasteiger partial charge >= 0.3 is 23.9 Å². The van der Waals surface area contributed by atoms with Gasteiger partial charge in [0.2, 0.25) is 0 Å². The molecule has 0 aromatic rings. The smallest absolute Gasteiger partial charge is 0.309 e. The van der Waals surface area contributed by atoms with E-state index in [1.165, 1.54) is 116 Å². The van der Waals surface area contributed by atoms with E-state index in [2.05, 4.69) is 27.7 Å². The van der Waals surface area contributed by atoms with Crippen molar-refractivity contribution < 1.29 is 58.2 Å². The van der Waals surface area contributed by atoms with Crippen molar-refractivity contribution in [1.29, 1.82) is 0 Å². The predicted molar refractivity (Wildman–Crippen MR) is 347 cm³/mol. The van der Waals surface area contributed by atoms with E-state index in [0.717, 1.165) is 89.9 Å². The Morgan fingerprint density at radius 3 is 0.864 bits per heavy atom. The van der Waals surface area contributed by atoms with Crippen molar-refractivity contribution >= 4 is 74.4 Å². The second kappa shape index (κ2) is 51.2. The summed E-state index contributed by atoms with van der Waals surface area (Å²) < 4.78 is 30.5. The van der Waals surface area contributed by atoms with Gasteiger partial charge in [-0.1, -0.05) is 207 Å². The fourth-order valence-electron chi connectivity index (χ4n) is 11.1. The minimum absolute atomic E-state index is 0.410. The van der Waals surface area contributed by atoms with Crippen LogP contribution >= 0.6 is 50.5 Å². The monoisotopic (exact) mass is 1220 g/mol. The second-order valence-electron chi connectivity index (χ2n) is 24.0. The Bertz CT molecular complexity index is 1490. The fraction of sp³-hybridized carbons (Fsp3) is 0.938. The number of ether oxygens (including phenoxy) is 5. The number of esters is 4. The van der Waals surface area contributed by atoms with E-state index in [9.17, 15) is 34.5 Å². The van der Waals surface area contributed by atoms with Gasteiger partial charge in [0, 0.05) is 15.7 Å². The van der Waals surface area contributed by atoms with Gasteiger partial charge in [0.1, 0.15) is 11.0 Å². The number of rotatable bonds is 57. The first-order valence-corrected chi connectivity index (χ1v) is 35.0. The fourth-order valence-corrected chi connectivity index (χ4v) is 13.3. The Hall–Kier alpha value is -0.880. The summed E-state index contributed by atoms with van der Waals surface area (Å²) in [5.41, 5.74) is -5.97. The first-order chi connectivity index (χ1) is 38.8. The van der Waals surface area contributed by atoms with E-state index < -0.39 is 125 Å². The molecule has 0 aromatic carbocycles. The maximum absolute atomic E-state index is 14.1. The molecule has 0 aliphatic carbocycles. The Balaban J connectivity index is 7.03. The average Bonchev–Trinajstić information content (AvgIpc) is 3.44. The maximum Gasteiger partial charge on any atom is 0.309 e. The lowest BCUT2D eigenvalue weighted by molar-refractivity contribution is -0.220. The lowest BCUT2D eigenvalue weighted by Gasteiger charge is -2.57. The first-order valence-electron chi connectivity index (χ1n) is 32.9. The van der Waals surface area contributed by atoms with Gasteiger partial charge in [0.25, 0.3) is 0 Å². The molecule has 0 heterocycles. The lowest BCUT2D eigenvalue weighted by atomic mass is 9.63. The number of thiol groups is 4. The van der Waals surface area contributed by atoms with E-state index in [0.29, 0.717) is 25.7 Å². The highest BCUT2D eigenvalue weighted by molar-refractivity contribution is 7.82. The number of hydrogen-bond acceptors (Lipinski definition) is 16. The minimum atomic E-state index is -2.30. The summed E-state index contributed by atoms with van der Waals surface area (Å²) in [6.45, 7) is 14.0. The number of aliphatic hydroxyl groups is 3. The molecule has 480 valence electrons. The van der Waals surface area contributed by atoms with Crippen molar-refractivity contribution in [3.8, 4) is 0 Å². The number of aliphatic hydroxyl groups excluding tert-OH is 3. The van der Waals surface area contributed by atoms with E-state index in [1.54, 1.807) is 0 Å². The molecule has 0 aliphatic rings. The van der Waals surface area contributed by atoms with Crippen LogP contribution < -0.4 is 0 Å². The molecule has 81 heavy (non-hydrogen) atoms. The number of unbranched alkanes of at least 4 members (excludes halogenated alkanes) is 28. The summed E-state index contributed by atoms with van der Waals surface area (Å²) >= 11 is 19.6. The van der Waals surface area contributed by atoms with Gasteiger partial charge < -0.3 is 39.0 Å². The summed E-state index contributed by atoms with van der Waals surface area (Å²) in [6, 6.07) is 0. The Kier molecular flexibility index (Phi) is 50.6. The molecule has 0 saturated carbocycles. The molecule has 0 aliphatic heterocycles. The molecular formula is C65H124O12S4. The summed E-state index contributed by atoms with van der Waals surface area (Å²) in [6.07, 6.45) is 33.2. The van der Waals surface area contributed by atoms with Gasteiger partial charge in [0.05, 0.1) is 74.8 Å². The average molecular weight is 1230 g/mol. The zero-order valence-corrected chi connectivity index (χ0v) is 56.3. The number of carbonyl (C=O) groups excluding carboxylic acids is 4. The largest absolute Gasteiger partial charge is 0.463 e. The molecule has 12 nitrogen and oxygen atoms in total. The molecule has 0 spiro atoms. The van der Waals surface area contributed by atoms with Crippen LogP contribution in [0.25, 0.3) is 0 Å². The van der Waals surface area contributed by atoms with Gasteiger partial charge in [-0.25, -0.2) is 0 Å². The van der Waals surface area contributed by atoms with Gasteiger partial charge in [-0.2, -0.15) is 37.9 Å². The molecular weight excluding hydrogens is 1100 g/mol. The molecule has 0 bridgehead atoms. The molecule has 0 radical (unpaired) electrons. The minimum Gasteiger partial charge on any atom is -0.463 e. The molecule has 3 N–H and O–H groups in total. The molecule has 0 fully saturated rings. The van der Waals surface area contributed by atoms with Gasteiger partial charge in [-0.3, -0.25) is 19.2 Å². The van der Waals surface area contributed by atoms with Crippen LogP contribution in [-0.2, 0) is 42.9 Å². The van der Waals surface area contributed by atoms with Gasteiger partial charge in [-0.15, -0.1) is 12.6 Å². The number of carbonyl (C=O) groups is 4. The lowest BCUT2D eigenvalue weighted by Crippen LogP contribution is -2.71. The highest BCUT2D eigenvalue weighted by Gasteiger charge is 2.65. The molecule has 0 aromatic heterocycles. The highest BCUT2D eigenvalue weighted by Crippen LogP contribution is 2.51. The zero-order chi connectivity index (χ0) is 60.7. The molecule has 0 amide bonds. The third kappa shape index (κ3) is 36.8. The predicted octanol–water partition coefficient (Wildman–Crippen LogP) is 16.6. The van der Waals surface area contributed by atoms with Crippen LogP contribution in [0.3, 0.4) is 0 Å². The first kappa shape index (κ1) is 80.1. The molecule has 9 unspecified atom stereocenters. The van der Waals surface area contributed by atoms with E-state index in [1.807, 2.05) is 27.7 Å². The Labute approximate surface area is 517 Å². The summed E-state index contributed by atoms with van der Waals surface area (Å²) in [4.78, 5) is 55.6. The summed E-state index contributed by atoms with van der Waals surface area (Å²) in [5, 5.41) is 32.2. The van der Waals surface area contributed by atoms with Crippen LogP contribution in [0.4, 0.5) is 0 Å². The van der Waals surface area contributed by atoms with Crippen LogP contribution in [0.2, 0.25) is 0 Å². The molecule has 0 saturated heterocycles. The number of hydrogen-bond donors (Lipinski definition) is 7. The van der Waals surface area contributed by atoms with Gasteiger partial charge in [-0.05, 0) is 79.1 Å². The summed E-state index contributed by atoms with van der Waals surface area (Å²) in [5.74, 6) is -2.65. The zero-order valence-electron chi connectivity index (χ0n) is 52.7. The Morgan fingerprint density at radius 1 is 0.370 bits per heavy atom. The second-order valence-corrected chi connectivity index (χ2v) is 26.4. The van der Waals surface area contributed by atoms with Crippen LogP contribution in [0.1, 0.15) is 312 Å². The van der Waals surface area contributed by atoms with Crippen LogP contribution in [0, 0.1) is 5.41 Å². The van der Waals surface area contributed by atoms with Crippen LogP contribution in [-0.4, -0.2) is 110 Å². The molecule has 16 heteroatoms. The highest BCUT2D eigenvalue weighted by atomic mass is 32.1. The van der Waals surface area contributed by atoms with Gasteiger partial charge in [0.15, 0.2) is 0 Å². The van der Waals surface area contributed by atoms with Crippen LogP contribution in [0.5, 0.6) is 0 Å². The molecule has 9 atom stereocenters. The summed E-state index contributed by atoms with van der Waals surface area (Å²) in [7, 11) is 0. The van der Waals surface area contributed by atoms with E-state index in [-0.39, 0.29) is 0 Å². The topological polar surface area (TPSA) is 175 Å².